The van der Waals surface area contributed by atoms with Gasteiger partial charge in [-0.15, -0.1) is 5.10 Å². The van der Waals surface area contributed by atoms with Crippen molar-refractivity contribution in [3.8, 4) is 5.75 Å². The Balaban J connectivity index is 1.53. The zero-order valence-corrected chi connectivity index (χ0v) is 22.2. The molecule has 0 spiro atoms. The number of rotatable bonds is 1. The van der Waals surface area contributed by atoms with Crippen molar-refractivity contribution in [3.63, 3.8) is 0 Å². The number of aryl methyl sites for hydroxylation is 4. The van der Waals surface area contributed by atoms with Crippen molar-refractivity contribution < 1.29 is 23.5 Å². The molecule has 3 aromatic rings. The number of fused-ring (bicyclic) bond motifs is 3. The second-order valence-corrected chi connectivity index (χ2v) is 9.57. The van der Waals surface area contributed by atoms with Crippen molar-refractivity contribution in [1.82, 2.24) is 30.5 Å². The summed E-state index contributed by atoms with van der Waals surface area (Å²) in [4.78, 5) is 40.6. The van der Waals surface area contributed by atoms with Gasteiger partial charge in [0.25, 0.3) is 11.8 Å². The van der Waals surface area contributed by atoms with Crippen LogP contribution in [-0.2, 0) is 17.9 Å². The van der Waals surface area contributed by atoms with Gasteiger partial charge < -0.3 is 24.7 Å². The van der Waals surface area contributed by atoms with E-state index in [1.807, 2.05) is 25.3 Å². The quantitative estimate of drug-likeness (QED) is 0.502. The molecule has 202 valence electrons. The van der Waals surface area contributed by atoms with Gasteiger partial charge in [0, 0.05) is 26.1 Å². The maximum absolute atomic E-state index is 13.4. The Morgan fingerprint density at radius 1 is 1.11 bits per heavy atom. The predicted molar refractivity (Wildman–Crippen MR) is 139 cm³/mol. The highest BCUT2D eigenvalue weighted by atomic mass is 16.5. The Labute approximate surface area is 221 Å². The van der Waals surface area contributed by atoms with E-state index in [1.165, 1.54) is 0 Å². The van der Waals surface area contributed by atoms with Gasteiger partial charge in [0.15, 0.2) is 0 Å². The number of ether oxygens (including phenoxy) is 1. The van der Waals surface area contributed by atoms with E-state index in [-0.39, 0.29) is 24.3 Å². The van der Waals surface area contributed by atoms with Gasteiger partial charge in [-0.05, 0) is 57.9 Å². The fourth-order valence-electron chi connectivity index (χ4n) is 4.30. The summed E-state index contributed by atoms with van der Waals surface area (Å²) in [6, 6.07) is 6.32. The Morgan fingerprint density at radius 2 is 1.92 bits per heavy atom. The molecule has 11 nitrogen and oxygen atoms in total. The van der Waals surface area contributed by atoms with Gasteiger partial charge in [-0.25, -0.2) is 0 Å². The second-order valence-electron chi connectivity index (χ2n) is 9.57. The number of benzene rings is 1. The number of carbonyl (C=O) groups excluding carboxylic acids is 3. The SMILES string of the molecule is Cc1ccc2c(c1)OCCCn1cc(nn1)CN(C(=O)c1cc(C)oc1C)CCCNC(=O)[C@@H](C)NC2=O. The predicted octanol–water partition coefficient (Wildman–Crippen LogP) is 2.55. The Morgan fingerprint density at radius 3 is 2.68 bits per heavy atom. The van der Waals surface area contributed by atoms with Crippen LogP contribution in [0.2, 0.25) is 0 Å². The van der Waals surface area contributed by atoms with E-state index >= 15 is 0 Å². The number of nitrogens with zero attached hydrogens (tertiary/aromatic N) is 4. The van der Waals surface area contributed by atoms with E-state index in [2.05, 4.69) is 20.9 Å². The Hall–Kier alpha value is -4.15. The van der Waals surface area contributed by atoms with Crippen LogP contribution in [0.25, 0.3) is 0 Å². The fourth-order valence-corrected chi connectivity index (χ4v) is 4.30. The molecule has 1 aliphatic heterocycles. The molecule has 3 amide bonds. The number of hydrogen-bond donors (Lipinski definition) is 2. The molecule has 2 aromatic heterocycles. The third-order valence-electron chi connectivity index (χ3n) is 6.31. The largest absolute Gasteiger partial charge is 0.493 e. The molecule has 3 heterocycles. The minimum Gasteiger partial charge on any atom is -0.493 e. The van der Waals surface area contributed by atoms with Crippen molar-refractivity contribution in [2.75, 3.05) is 19.7 Å². The van der Waals surface area contributed by atoms with E-state index in [4.69, 9.17) is 9.15 Å². The van der Waals surface area contributed by atoms with E-state index < -0.39 is 6.04 Å². The first-order valence-corrected chi connectivity index (χ1v) is 12.8. The lowest BCUT2D eigenvalue weighted by Crippen LogP contribution is -2.45. The lowest BCUT2D eigenvalue weighted by atomic mass is 10.1. The zero-order valence-electron chi connectivity index (χ0n) is 22.2. The van der Waals surface area contributed by atoms with Crippen molar-refractivity contribution in [3.05, 3.63) is 64.4 Å². The third kappa shape index (κ3) is 6.58. The molecule has 1 aliphatic rings. The maximum Gasteiger partial charge on any atom is 0.257 e. The summed E-state index contributed by atoms with van der Waals surface area (Å²) >= 11 is 0. The van der Waals surface area contributed by atoms with Crippen LogP contribution in [0.15, 0.2) is 34.9 Å². The van der Waals surface area contributed by atoms with Gasteiger partial charge in [0.05, 0.1) is 30.5 Å². The molecular weight excluding hydrogens is 488 g/mol. The van der Waals surface area contributed by atoms with Crippen LogP contribution in [0.4, 0.5) is 0 Å². The van der Waals surface area contributed by atoms with E-state index in [0.29, 0.717) is 73.2 Å². The molecule has 0 radical (unpaired) electrons. The molecule has 1 aromatic carbocycles. The number of amides is 3. The lowest BCUT2D eigenvalue weighted by Gasteiger charge is -2.22. The van der Waals surface area contributed by atoms with Gasteiger partial charge in [-0.3, -0.25) is 19.1 Å². The summed E-state index contributed by atoms with van der Waals surface area (Å²) in [5, 5.41) is 14.0. The summed E-state index contributed by atoms with van der Waals surface area (Å²) in [6.45, 7) is 9.02. The standard InChI is InChI=1S/C27H34N6O5/c1-17-7-8-22-24(13-17)37-12-6-11-33-16-21(30-31-33)15-32(27(36)23-14-18(2)38-20(23)4)10-5-9-28-25(34)19(3)29-26(22)35/h7-8,13-14,16,19H,5-6,9-12,15H2,1-4H3,(H,28,34)(H,29,35)/t19-/m1/s1. The van der Waals surface area contributed by atoms with E-state index in [0.717, 1.165) is 5.56 Å². The highest BCUT2D eigenvalue weighted by molar-refractivity contribution is 5.99. The van der Waals surface area contributed by atoms with Gasteiger partial charge in [0.2, 0.25) is 5.91 Å². The maximum atomic E-state index is 13.4. The molecule has 2 N–H and O–H groups in total. The summed E-state index contributed by atoms with van der Waals surface area (Å²) in [6.07, 6.45) is 2.96. The van der Waals surface area contributed by atoms with Crippen molar-refractivity contribution in [2.24, 2.45) is 0 Å². The highest BCUT2D eigenvalue weighted by Crippen LogP contribution is 2.21. The Bertz CT molecular complexity index is 1310. The minimum atomic E-state index is -0.748. The Kier molecular flexibility index (Phi) is 8.45. The van der Waals surface area contributed by atoms with Gasteiger partial charge in [0.1, 0.15) is 29.0 Å². The monoisotopic (exact) mass is 522 g/mol. The molecule has 1 atom stereocenters. The third-order valence-corrected chi connectivity index (χ3v) is 6.31. The average Bonchev–Trinajstić information content (AvgIpc) is 3.47. The number of furan rings is 1. The summed E-state index contributed by atoms with van der Waals surface area (Å²) in [7, 11) is 0. The molecule has 4 rings (SSSR count). The number of hydrogen-bond acceptors (Lipinski definition) is 7. The van der Waals surface area contributed by atoms with Gasteiger partial charge in [-0.1, -0.05) is 11.3 Å². The molecule has 0 fully saturated rings. The summed E-state index contributed by atoms with van der Waals surface area (Å²) in [5.74, 6) is 0.814. The van der Waals surface area contributed by atoms with Crippen molar-refractivity contribution >= 4 is 17.7 Å². The molecular formula is C27H34N6O5. The highest BCUT2D eigenvalue weighted by Gasteiger charge is 2.23. The number of carbonyl (C=O) groups is 3. The molecule has 0 saturated carbocycles. The lowest BCUT2D eigenvalue weighted by molar-refractivity contribution is -0.122. The second kappa shape index (κ2) is 11.9. The molecule has 38 heavy (non-hydrogen) atoms. The normalized spacial score (nSPS) is 17.8. The first-order chi connectivity index (χ1) is 18.2. The number of nitrogens with one attached hydrogen (secondary N) is 2. The smallest absolute Gasteiger partial charge is 0.257 e. The fraction of sp³-hybridized carbons (Fsp3) is 0.444. The van der Waals surface area contributed by atoms with Crippen LogP contribution >= 0.6 is 0 Å². The molecule has 11 heteroatoms. The molecule has 0 unspecified atom stereocenters. The minimum absolute atomic E-state index is 0.173. The van der Waals surface area contributed by atoms with Crippen LogP contribution in [0.5, 0.6) is 5.75 Å². The first kappa shape index (κ1) is 26.9. The van der Waals surface area contributed by atoms with Gasteiger partial charge >= 0.3 is 0 Å². The van der Waals surface area contributed by atoms with Crippen molar-refractivity contribution in [1.29, 1.82) is 0 Å². The van der Waals surface area contributed by atoms with E-state index in [1.54, 1.807) is 42.5 Å². The van der Waals surface area contributed by atoms with Crippen LogP contribution < -0.4 is 15.4 Å². The molecule has 0 aliphatic carbocycles. The van der Waals surface area contributed by atoms with Crippen LogP contribution in [0.3, 0.4) is 0 Å². The van der Waals surface area contributed by atoms with Crippen molar-refractivity contribution in [2.45, 2.75) is 59.7 Å². The zero-order chi connectivity index (χ0) is 27.2. The van der Waals surface area contributed by atoms with Crippen LogP contribution in [0, 0.1) is 20.8 Å². The average molecular weight is 523 g/mol. The molecule has 2 bridgehead atoms. The first-order valence-electron chi connectivity index (χ1n) is 12.8. The van der Waals surface area contributed by atoms with Gasteiger partial charge in [-0.2, -0.15) is 0 Å². The summed E-state index contributed by atoms with van der Waals surface area (Å²) in [5.41, 5.74) is 2.49. The topological polar surface area (TPSA) is 132 Å². The summed E-state index contributed by atoms with van der Waals surface area (Å²) < 4.78 is 13.2. The van der Waals surface area contributed by atoms with Crippen LogP contribution in [0.1, 0.15) is 63.3 Å². The molecule has 0 saturated heterocycles. The van der Waals surface area contributed by atoms with Crippen LogP contribution in [-0.4, -0.2) is 63.4 Å². The van der Waals surface area contributed by atoms with E-state index in [9.17, 15) is 14.4 Å². The number of aromatic nitrogens is 3.